The number of carbonyl (C=O) groups is 2. The Kier molecular flexibility index (Phi) is 7.56. The van der Waals surface area contributed by atoms with Gasteiger partial charge in [0.2, 0.25) is 5.91 Å². The lowest BCUT2D eigenvalue weighted by atomic mass is 9.92. The van der Waals surface area contributed by atoms with Crippen molar-refractivity contribution in [1.82, 2.24) is 10.2 Å². The third kappa shape index (κ3) is 5.43. The molecule has 1 fully saturated rings. The molecule has 2 amide bonds. The minimum atomic E-state index is -3.78. The maximum absolute atomic E-state index is 13.2. The average Bonchev–Trinajstić information content (AvgIpc) is 3.33. The highest BCUT2D eigenvalue weighted by molar-refractivity contribution is 7.92. The third-order valence-corrected chi connectivity index (χ3v) is 8.02. The Labute approximate surface area is 202 Å². The van der Waals surface area contributed by atoms with Gasteiger partial charge in [-0.3, -0.25) is 14.3 Å². The van der Waals surface area contributed by atoms with Crippen molar-refractivity contribution >= 4 is 27.5 Å². The van der Waals surface area contributed by atoms with Gasteiger partial charge in [0.25, 0.3) is 15.9 Å². The molecule has 2 aromatic rings. The predicted octanol–water partition coefficient (Wildman–Crippen LogP) is 3.89. The van der Waals surface area contributed by atoms with Gasteiger partial charge in [0.1, 0.15) is 6.04 Å². The fourth-order valence-electron chi connectivity index (χ4n) is 4.76. The second-order valence-corrected chi connectivity index (χ2v) is 10.8. The van der Waals surface area contributed by atoms with Crippen LogP contribution in [0.1, 0.15) is 66.9 Å². The van der Waals surface area contributed by atoms with E-state index in [1.807, 2.05) is 6.07 Å². The maximum Gasteiger partial charge on any atom is 0.261 e. The van der Waals surface area contributed by atoms with Gasteiger partial charge >= 0.3 is 0 Å². The summed E-state index contributed by atoms with van der Waals surface area (Å²) in [5.41, 5.74) is 3.00. The fraction of sp³-hybridized carbons (Fsp3) is 0.462. The highest BCUT2D eigenvalue weighted by atomic mass is 32.2. The first-order valence-corrected chi connectivity index (χ1v) is 13.7. The molecule has 1 heterocycles. The summed E-state index contributed by atoms with van der Waals surface area (Å²) >= 11 is 0. The molecule has 0 aromatic heterocycles. The molecule has 0 saturated carbocycles. The summed E-state index contributed by atoms with van der Waals surface area (Å²) in [4.78, 5) is 27.6. The first-order valence-electron chi connectivity index (χ1n) is 12.2. The van der Waals surface area contributed by atoms with Crippen molar-refractivity contribution in [3.63, 3.8) is 0 Å². The summed E-state index contributed by atoms with van der Waals surface area (Å²) in [6.07, 6.45) is 7.38. The first kappa shape index (κ1) is 24.3. The normalized spacial score (nSPS) is 17.8. The van der Waals surface area contributed by atoms with Crippen LogP contribution in [0.25, 0.3) is 0 Å². The molecule has 8 heteroatoms. The number of anilines is 1. The monoisotopic (exact) mass is 483 g/mol. The van der Waals surface area contributed by atoms with Gasteiger partial charge in [0, 0.05) is 24.3 Å². The molecular formula is C26H33N3O4S. The Morgan fingerprint density at radius 3 is 2.62 bits per heavy atom. The number of amides is 2. The van der Waals surface area contributed by atoms with E-state index in [9.17, 15) is 18.0 Å². The van der Waals surface area contributed by atoms with E-state index in [2.05, 4.69) is 17.0 Å². The minimum absolute atomic E-state index is 0.122. The van der Waals surface area contributed by atoms with Gasteiger partial charge in [-0.25, -0.2) is 8.42 Å². The molecule has 2 N–H and O–H groups in total. The van der Waals surface area contributed by atoms with E-state index >= 15 is 0 Å². The van der Waals surface area contributed by atoms with Crippen LogP contribution >= 0.6 is 0 Å². The highest BCUT2D eigenvalue weighted by Crippen LogP contribution is 2.26. The van der Waals surface area contributed by atoms with E-state index in [-0.39, 0.29) is 16.7 Å². The number of aryl methyl sites for hydroxylation is 2. The molecule has 1 aliphatic heterocycles. The van der Waals surface area contributed by atoms with E-state index in [4.69, 9.17) is 0 Å². The molecule has 34 heavy (non-hydrogen) atoms. The number of rotatable bonds is 8. The molecule has 0 radical (unpaired) electrons. The van der Waals surface area contributed by atoms with E-state index < -0.39 is 16.1 Å². The SMILES string of the molecule is CCCCNC(=O)C1CCCN1C(=O)c1cccc(NS(=O)(=O)c2ccc3c(c2)CCCC3)c1. The van der Waals surface area contributed by atoms with Crippen molar-refractivity contribution in [2.24, 2.45) is 0 Å². The second-order valence-electron chi connectivity index (χ2n) is 9.13. The first-order chi connectivity index (χ1) is 16.4. The number of likely N-dealkylation sites (tertiary alicyclic amines) is 1. The minimum Gasteiger partial charge on any atom is -0.354 e. The summed E-state index contributed by atoms with van der Waals surface area (Å²) < 4.78 is 28.7. The van der Waals surface area contributed by atoms with E-state index in [1.54, 1.807) is 41.3 Å². The highest BCUT2D eigenvalue weighted by Gasteiger charge is 2.34. The summed E-state index contributed by atoms with van der Waals surface area (Å²) in [5, 5.41) is 2.92. The van der Waals surface area contributed by atoms with Gasteiger partial charge in [0.15, 0.2) is 0 Å². The number of fused-ring (bicyclic) bond motifs is 1. The Bertz CT molecular complexity index is 1160. The zero-order valence-electron chi connectivity index (χ0n) is 19.7. The summed E-state index contributed by atoms with van der Waals surface area (Å²) in [6, 6.07) is 11.3. The molecule has 2 aliphatic rings. The van der Waals surface area contributed by atoms with Crippen molar-refractivity contribution in [1.29, 1.82) is 0 Å². The van der Waals surface area contributed by atoms with Crippen molar-refractivity contribution in [3.05, 3.63) is 59.2 Å². The lowest BCUT2D eigenvalue weighted by molar-refractivity contribution is -0.124. The van der Waals surface area contributed by atoms with Crippen LogP contribution in [0.15, 0.2) is 47.4 Å². The quantitative estimate of drug-likeness (QED) is 0.557. The van der Waals surface area contributed by atoms with Crippen LogP contribution in [0.2, 0.25) is 0 Å². The van der Waals surface area contributed by atoms with Crippen molar-refractivity contribution in [2.45, 2.75) is 69.2 Å². The molecule has 4 rings (SSSR count). The van der Waals surface area contributed by atoms with E-state index in [0.717, 1.165) is 50.5 Å². The van der Waals surface area contributed by atoms with Crippen LogP contribution in [0.3, 0.4) is 0 Å². The second kappa shape index (κ2) is 10.6. The molecule has 1 saturated heterocycles. The standard InChI is InChI=1S/C26H33N3O4S/c1-2-3-15-27-25(30)24-12-7-16-29(24)26(31)21-10-6-11-22(17-21)28-34(32,33)23-14-13-19-8-4-5-9-20(19)18-23/h6,10-11,13-14,17-18,24,28H,2-5,7-9,12,15-16H2,1H3,(H,27,30). The summed E-state index contributed by atoms with van der Waals surface area (Å²) in [7, 11) is -3.78. The Balaban J connectivity index is 1.48. The Morgan fingerprint density at radius 1 is 1.03 bits per heavy atom. The zero-order chi connectivity index (χ0) is 24.1. The van der Waals surface area contributed by atoms with Gasteiger partial charge in [-0.2, -0.15) is 0 Å². The van der Waals surface area contributed by atoms with Gasteiger partial charge in [-0.1, -0.05) is 25.5 Å². The van der Waals surface area contributed by atoms with Gasteiger partial charge < -0.3 is 10.2 Å². The van der Waals surface area contributed by atoms with E-state index in [1.165, 1.54) is 5.56 Å². The lowest BCUT2D eigenvalue weighted by Crippen LogP contribution is -2.46. The molecule has 0 bridgehead atoms. The topological polar surface area (TPSA) is 95.6 Å². The molecule has 1 atom stereocenters. The Hall–Kier alpha value is -2.87. The van der Waals surface area contributed by atoms with Crippen LogP contribution in [0.5, 0.6) is 0 Å². The predicted molar refractivity (Wildman–Crippen MR) is 132 cm³/mol. The van der Waals surface area contributed by atoms with Crippen molar-refractivity contribution < 1.29 is 18.0 Å². The number of unbranched alkanes of at least 4 members (excludes halogenated alkanes) is 1. The number of hydrogen-bond donors (Lipinski definition) is 2. The van der Waals surface area contributed by atoms with Gasteiger partial charge in [-0.15, -0.1) is 0 Å². The lowest BCUT2D eigenvalue weighted by Gasteiger charge is -2.24. The molecule has 1 aliphatic carbocycles. The molecule has 1 unspecified atom stereocenters. The third-order valence-electron chi connectivity index (χ3n) is 6.64. The molecule has 2 aromatic carbocycles. The summed E-state index contributed by atoms with van der Waals surface area (Å²) in [5.74, 6) is -0.383. The van der Waals surface area contributed by atoms with Gasteiger partial charge in [-0.05, 0) is 86.4 Å². The molecule has 7 nitrogen and oxygen atoms in total. The number of benzene rings is 2. The van der Waals surface area contributed by atoms with Crippen LogP contribution in [-0.2, 0) is 27.7 Å². The fourth-order valence-corrected chi connectivity index (χ4v) is 5.86. The van der Waals surface area contributed by atoms with E-state index in [0.29, 0.717) is 30.8 Å². The molecule has 182 valence electrons. The smallest absolute Gasteiger partial charge is 0.261 e. The summed E-state index contributed by atoms with van der Waals surface area (Å²) in [6.45, 7) is 3.17. The van der Waals surface area contributed by atoms with Crippen molar-refractivity contribution in [2.75, 3.05) is 17.8 Å². The van der Waals surface area contributed by atoms with Crippen LogP contribution in [-0.4, -0.2) is 44.3 Å². The maximum atomic E-state index is 13.2. The van der Waals surface area contributed by atoms with Gasteiger partial charge in [0.05, 0.1) is 4.90 Å². The van der Waals surface area contributed by atoms with Crippen LogP contribution < -0.4 is 10.0 Å². The largest absolute Gasteiger partial charge is 0.354 e. The van der Waals surface area contributed by atoms with Crippen molar-refractivity contribution in [3.8, 4) is 0 Å². The molecular weight excluding hydrogens is 450 g/mol. The average molecular weight is 484 g/mol. The Morgan fingerprint density at radius 2 is 1.82 bits per heavy atom. The number of nitrogens with one attached hydrogen (secondary N) is 2. The van der Waals surface area contributed by atoms with Crippen LogP contribution in [0, 0.1) is 0 Å². The number of hydrogen-bond acceptors (Lipinski definition) is 4. The number of nitrogens with zero attached hydrogens (tertiary/aromatic N) is 1. The molecule has 0 spiro atoms. The number of carbonyl (C=O) groups excluding carboxylic acids is 2. The van der Waals surface area contributed by atoms with Crippen LogP contribution in [0.4, 0.5) is 5.69 Å². The zero-order valence-corrected chi connectivity index (χ0v) is 20.5. The number of sulfonamides is 1.